The summed E-state index contributed by atoms with van der Waals surface area (Å²) in [5.41, 5.74) is 0. The summed E-state index contributed by atoms with van der Waals surface area (Å²) in [6.07, 6.45) is 14.3. The summed E-state index contributed by atoms with van der Waals surface area (Å²) in [6.45, 7) is 0. The van der Waals surface area contributed by atoms with Gasteiger partial charge in [0.05, 0.1) is 0 Å². The molecule has 0 amide bonds. The molecule has 1 aliphatic carbocycles. The average molecular weight is 228 g/mol. The Labute approximate surface area is 100 Å². The van der Waals surface area contributed by atoms with Crippen LogP contribution < -0.4 is 0 Å². The maximum atomic E-state index is 8.68. The Morgan fingerprint density at radius 3 is 2.12 bits per heavy atom. The zero-order chi connectivity index (χ0) is 11.6. The van der Waals surface area contributed by atoms with E-state index in [1.807, 2.05) is 0 Å². The maximum absolute atomic E-state index is 8.68. The van der Waals surface area contributed by atoms with Crippen LogP contribution in [0.3, 0.4) is 0 Å². The van der Waals surface area contributed by atoms with E-state index in [0.29, 0.717) is 6.42 Å². The van der Waals surface area contributed by atoms with Gasteiger partial charge in [-0.2, -0.15) is 0 Å². The van der Waals surface area contributed by atoms with Crippen LogP contribution in [0.2, 0.25) is 0 Å². The first-order chi connectivity index (χ1) is 7.79. The fourth-order valence-corrected chi connectivity index (χ4v) is 2.77. The van der Waals surface area contributed by atoms with Crippen molar-refractivity contribution in [3.63, 3.8) is 0 Å². The summed E-state index contributed by atoms with van der Waals surface area (Å²) in [5, 5.41) is 17.4. The van der Waals surface area contributed by atoms with Crippen molar-refractivity contribution in [3.05, 3.63) is 0 Å². The lowest BCUT2D eigenvalue weighted by Gasteiger charge is -2.21. The van der Waals surface area contributed by atoms with E-state index in [4.69, 9.17) is 10.2 Å². The molecule has 96 valence electrons. The summed E-state index contributed by atoms with van der Waals surface area (Å²) in [4.78, 5) is 0. The van der Waals surface area contributed by atoms with Gasteiger partial charge in [-0.1, -0.05) is 64.2 Å². The summed E-state index contributed by atoms with van der Waals surface area (Å²) in [7, 11) is 0. The Kier molecular flexibility index (Phi) is 7.87. The van der Waals surface area contributed by atoms with Gasteiger partial charge < -0.3 is 10.2 Å². The van der Waals surface area contributed by atoms with Crippen LogP contribution in [0.4, 0.5) is 0 Å². The Bertz CT molecular complexity index is 151. The third-order valence-electron chi connectivity index (χ3n) is 3.80. The molecule has 0 aromatic rings. The summed E-state index contributed by atoms with van der Waals surface area (Å²) in [6, 6.07) is 0. The minimum atomic E-state index is -1.10. The van der Waals surface area contributed by atoms with E-state index in [1.165, 1.54) is 57.8 Å². The predicted molar refractivity (Wildman–Crippen MR) is 67.1 cm³/mol. The molecule has 0 saturated heterocycles. The number of hydrogen-bond acceptors (Lipinski definition) is 2. The van der Waals surface area contributed by atoms with Crippen molar-refractivity contribution in [2.24, 2.45) is 5.92 Å². The van der Waals surface area contributed by atoms with Gasteiger partial charge in [-0.05, 0) is 18.8 Å². The first-order valence-corrected chi connectivity index (χ1v) is 7.15. The molecule has 1 fully saturated rings. The highest BCUT2D eigenvalue weighted by Gasteiger charge is 2.12. The second kappa shape index (κ2) is 9.00. The van der Waals surface area contributed by atoms with Gasteiger partial charge in [0.15, 0.2) is 6.29 Å². The van der Waals surface area contributed by atoms with E-state index in [-0.39, 0.29) is 0 Å². The van der Waals surface area contributed by atoms with Crippen LogP contribution in [-0.2, 0) is 0 Å². The lowest BCUT2D eigenvalue weighted by atomic mass is 9.85. The van der Waals surface area contributed by atoms with Gasteiger partial charge in [0.2, 0.25) is 0 Å². The standard InChI is InChI=1S/C14H28O2/c15-14(16)12-8-3-1-2-5-9-13-10-6-4-7-11-13/h13-16H,1-12H2. The lowest BCUT2D eigenvalue weighted by Crippen LogP contribution is -2.05. The van der Waals surface area contributed by atoms with Crippen LogP contribution in [0.1, 0.15) is 77.0 Å². The minimum Gasteiger partial charge on any atom is -0.368 e. The number of rotatable bonds is 8. The van der Waals surface area contributed by atoms with Gasteiger partial charge in [-0.25, -0.2) is 0 Å². The summed E-state index contributed by atoms with van der Waals surface area (Å²) < 4.78 is 0. The van der Waals surface area contributed by atoms with Gasteiger partial charge in [0.25, 0.3) is 0 Å². The highest BCUT2D eigenvalue weighted by molar-refractivity contribution is 4.65. The smallest absolute Gasteiger partial charge is 0.151 e. The molecule has 16 heavy (non-hydrogen) atoms. The third-order valence-corrected chi connectivity index (χ3v) is 3.80. The normalized spacial score (nSPS) is 18.2. The molecule has 0 spiro atoms. The van der Waals surface area contributed by atoms with E-state index in [1.54, 1.807) is 0 Å². The van der Waals surface area contributed by atoms with Crippen molar-refractivity contribution in [2.75, 3.05) is 0 Å². The zero-order valence-electron chi connectivity index (χ0n) is 10.5. The molecule has 2 nitrogen and oxygen atoms in total. The zero-order valence-corrected chi connectivity index (χ0v) is 10.5. The molecule has 0 radical (unpaired) electrons. The van der Waals surface area contributed by atoms with E-state index in [9.17, 15) is 0 Å². The van der Waals surface area contributed by atoms with Crippen molar-refractivity contribution in [3.8, 4) is 0 Å². The van der Waals surface area contributed by atoms with E-state index in [0.717, 1.165) is 18.8 Å². The Balaban J connectivity index is 1.80. The maximum Gasteiger partial charge on any atom is 0.151 e. The van der Waals surface area contributed by atoms with Crippen LogP contribution in [0.5, 0.6) is 0 Å². The third kappa shape index (κ3) is 7.24. The molecule has 0 aromatic carbocycles. The first kappa shape index (κ1) is 14.0. The quantitative estimate of drug-likeness (QED) is 0.492. The Morgan fingerprint density at radius 2 is 1.44 bits per heavy atom. The van der Waals surface area contributed by atoms with E-state index in [2.05, 4.69) is 0 Å². The average Bonchev–Trinajstić information content (AvgIpc) is 2.29. The number of unbranched alkanes of at least 4 members (excludes halogenated alkanes) is 4. The van der Waals surface area contributed by atoms with Crippen LogP contribution in [0, 0.1) is 5.92 Å². The van der Waals surface area contributed by atoms with Crippen LogP contribution in [0.25, 0.3) is 0 Å². The molecule has 0 bridgehead atoms. The fourth-order valence-electron chi connectivity index (χ4n) is 2.77. The topological polar surface area (TPSA) is 40.5 Å². The molecule has 1 aliphatic rings. The summed E-state index contributed by atoms with van der Waals surface area (Å²) >= 11 is 0. The SMILES string of the molecule is OC(O)CCCCCCCC1CCCCC1. The Morgan fingerprint density at radius 1 is 0.812 bits per heavy atom. The molecule has 0 heterocycles. The van der Waals surface area contributed by atoms with Gasteiger partial charge in [-0.3, -0.25) is 0 Å². The highest BCUT2D eigenvalue weighted by atomic mass is 16.5. The molecule has 2 heteroatoms. The van der Waals surface area contributed by atoms with Gasteiger partial charge in [0.1, 0.15) is 0 Å². The minimum absolute atomic E-state index is 0.544. The monoisotopic (exact) mass is 228 g/mol. The molecule has 0 aliphatic heterocycles. The van der Waals surface area contributed by atoms with Crippen LogP contribution in [-0.4, -0.2) is 16.5 Å². The number of aliphatic hydroxyl groups is 2. The van der Waals surface area contributed by atoms with Gasteiger partial charge in [0, 0.05) is 0 Å². The molecule has 1 rings (SSSR count). The van der Waals surface area contributed by atoms with Crippen molar-refractivity contribution in [1.29, 1.82) is 0 Å². The summed E-state index contributed by atoms with van der Waals surface area (Å²) in [5.74, 6) is 1.02. The molecular weight excluding hydrogens is 200 g/mol. The van der Waals surface area contributed by atoms with Crippen LogP contribution >= 0.6 is 0 Å². The second-order valence-electron chi connectivity index (χ2n) is 5.33. The highest BCUT2D eigenvalue weighted by Crippen LogP contribution is 2.28. The van der Waals surface area contributed by atoms with Gasteiger partial charge in [-0.15, -0.1) is 0 Å². The molecular formula is C14H28O2. The van der Waals surface area contributed by atoms with Crippen molar-refractivity contribution in [1.82, 2.24) is 0 Å². The Hall–Kier alpha value is -0.0800. The molecule has 0 aromatic heterocycles. The van der Waals surface area contributed by atoms with Crippen molar-refractivity contribution in [2.45, 2.75) is 83.3 Å². The van der Waals surface area contributed by atoms with E-state index < -0.39 is 6.29 Å². The molecule has 1 saturated carbocycles. The number of aliphatic hydroxyl groups excluding tert-OH is 1. The molecule has 0 unspecified atom stereocenters. The van der Waals surface area contributed by atoms with Gasteiger partial charge >= 0.3 is 0 Å². The van der Waals surface area contributed by atoms with Crippen molar-refractivity contribution < 1.29 is 10.2 Å². The van der Waals surface area contributed by atoms with Crippen LogP contribution in [0.15, 0.2) is 0 Å². The molecule has 2 N–H and O–H groups in total. The fraction of sp³-hybridized carbons (Fsp3) is 1.00. The van der Waals surface area contributed by atoms with E-state index >= 15 is 0 Å². The predicted octanol–water partition coefficient (Wildman–Crippen LogP) is 3.61. The number of hydrogen-bond donors (Lipinski definition) is 2. The second-order valence-corrected chi connectivity index (χ2v) is 5.33. The lowest BCUT2D eigenvalue weighted by molar-refractivity contribution is -0.0466. The first-order valence-electron chi connectivity index (χ1n) is 7.15. The largest absolute Gasteiger partial charge is 0.368 e. The van der Waals surface area contributed by atoms with Crippen molar-refractivity contribution >= 4 is 0 Å². The molecule has 0 atom stereocenters.